The van der Waals surface area contributed by atoms with Gasteiger partial charge in [-0.05, 0) is 25.7 Å². The molecule has 0 spiro atoms. The summed E-state index contributed by atoms with van der Waals surface area (Å²) < 4.78 is 0.383. The number of carbonyl (C=O) groups excluding carboxylic acids is 1. The zero-order valence-corrected chi connectivity index (χ0v) is 6.78. The van der Waals surface area contributed by atoms with Gasteiger partial charge in [0.2, 0.25) is 0 Å². The molecule has 0 unspecified atom stereocenters. The highest BCUT2D eigenvalue weighted by atomic mass is 79.9. The van der Waals surface area contributed by atoms with Gasteiger partial charge in [-0.1, -0.05) is 15.9 Å². The van der Waals surface area contributed by atoms with Crippen LogP contribution >= 0.6 is 15.9 Å². The molecule has 9 heavy (non-hydrogen) atoms. The molecule has 0 atom stereocenters. The summed E-state index contributed by atoms with van der Waals surface area (Å²) >= 11 is 3.63. The van der Waals surface area contributed by atoms with Crippen molar-refractivity contribution in [1.82, 2.24) is 0 Å². The predicted molar refractivity (Wildman–Crippen MR) is 38.6 cm³/mol. The number of fused-ring (bicyclic) bond motifs is 1. The van der Waals surface area contributed by atoms with Crippen molar-refractivity contribution in [3.05, 3.63) is 0 Å². The normalized spacial score (nSPS) is 54.8. The van der Waals surface area contributed by atoms with E-state index >= 15 is 0 Å². The van der Waals surface area contributed by atoms with E-state index in [4.69, 9.17) is 0 Å². The second-order valence-electron chi connectivity index (χ2n) is 3.48. The third kappa shape index (κ3) is 0.628. The minimum atomic E-state index is 0.115. The maximum absolute atomic E-state index is 10.5. The van der Waals surface area contributed by atoms with Crippen LogP contribution in [0.1, 0.15) is 25.7 Å². The maximum atomic E-state index is 10.5. The number of hydrogen-bond donors (Lipinski definition) is 0. The van der Waals surface area contributed by atoms with E-state index in [9.17, 15) is 4.79 Å². The van der Waals surface area contributed by atoms with Crippen LogP contribution in [0.5, 0.6) is 0 Å². The van der Waals surface area contributed by atoms with Crippen LogP contribution in [0.3, 0.4) is 0 Å². The molecule has 3 rings (SSSR count). The lowest BCUT2D eigenvalue weighted by atomic mass is 9.71. The van der Waals surface area contributed by atoms with Gasteiger partial charge in [-0.3, -0.25) is 0 Å². The first-order valence-electron chi connectivity index (χ1n) is 3.33. The van der Waals surface area contributed by atoms with Crippen LogP contribution in [0.15, 0.2) is 0 Å². The topological polar surface area (TPSA) is 17.1 Å². The third-order valence-corrected chi connectivity index (χ3v) is 3.62. The van der Waals surface area contributed by atoms with E-state index in [-0.39, 0.29) is 5.41 Å². The molecule has 0 N–H and O–H groups in total. The second kappa shape index (κ2) is 1.42. The van der Waals surface area contributed by atoms with E-state index in [1.165, 1.54) is 6.42 Å². The quantitative estimate of drug-likeness (QED) is 0.454. The molecule has 3 aliphatic rings. The maximum Gasteiger partial charge on any atom is 0.126 e. The molecule has 1 nitrogen and oxygen atoms in total. The standard InChI is InChI=1S/C7H9BrO/c8-7-2-1-6(3-7,4-7)5-9/h5H,1-4H2. The molecule has 50 valence electrons. The first kappa shape index (κ1) is 5.90. The van der Waals surface area contributed by atoms with Crippen molar-refractivity contribution < 1.29 is 4.79 Å². The Labute approximate surface area is 62.9 Å². The van der Waals surface area contributed by atoms with E-state index in [2.05, 4.69) is 15.9 Å². The minimum absolute atomic E-state index is 0.115. The zero-order chi connectivity index (χ0) is 6.54. The molecule has 0 saturated heterocycles. The Balaban J connectivity index is 2.21. The molecule has 2 bridgehead atoms. The Morgan fingerprint density at radius 3 is 2.22 bits per heavy atom. The third-order valence-electron chi connectivity index (χ3n) is 2.66. The molecule has 2 heteroatoms. The lowest BCUT2D eigenvalue weighted by Crippen LogP contribution is -2.38. The first-order valence-corrected chi connectivity index (χ1v) is 4.13. The summed E-state index contributed by atoms with van der Waals surface area (Å²) in [6, 6.07) is 0. The summed E-state index contributed by atoms with van der Waals surface area (Å²) in [5.74, 6) is 0. The zero-order valence-electron chi connectivity index (χ0n) is 5.19. The van der Waals surface area contributed by atoms with Crippen molar-refractivity contribution in [2.75, 3.05) is 0 Å². The monoisotopic (exact) mass is 188 g/mol. The largest absolute Gasteiger partial charge is 0.303 e. The molecular formula is C7H9BrO. The average Bonchev–Trinajstić information content (AvgIpc) is 2.20. The van der Waals surface area contributed by atoms with Crippen LogP contribution in [0.4, 0.5) is 0 Å². The second-order valence-corrected chi connectivity index (χ2v) is 5.17. The van der Waals surface area contributed by atoms with Crippen molar-refractivity contribution in [2.24, 2.45) is 5.41 Å². The van der Waals surface area contributed by atoms with Crippen molar-refractivity contribution in [2.45, 2.75) is 30.0 Å². The molecule has 3 saturated carbocycles. The van der Waals surface area contributed by atoms with Gasteiger partial charge in [0, 0.05) is 9.74 Å². The van der Waals surface area contributed by atoms with E-state index in [0.717, 1.165) is 25.5 Å². The van der Waals surface area contributed by atoms with Crippen LogP contribution in [-0.4, -0.2) is 10.6 Å². The Morgan fingerprint density at radius 1 is 1.33 bits per heavy atom. The van der Waals surface area contributed by atoms with Crippen molar-refractivity contribution in [3.8, 4) is 0 Å². The van der Waals surface area contributed by atoms with Gasteiger partial charge in [0.1, 0.15) is 6.29 Å². The fourth-order valence-corrected chi connectivity index (χ4v) is 3.49. The molecule has 3 aliphatic carbocycles. The number of alkyl halides is 1. The Bertz CT molecular complexity index is 158. The number of rotatable bonds is 1. The molecule has 0 aromatic carbocycles. The first-order chi connectivity index (χ1) is 4.18. The summed E-state index contributed by atoms with van der Waals surface area (Å²) in [6.45, 7) is 0. The number of hydrogen-bond acceptors (Lipinski definition) is 1. The van der Waals surface area contributed by atoms with E-state index < -0.39 is 0 Å². The lowest BCUT2D eigenvalue weighted by molar-refractivity contribution is -0.118. The van der Waals surface area contributed by atoms with Gasteiger partial charge in [0.05, 0.1) is 0 Å². The van der Waals surface area contributed by atoms with Gasteiger partial charge in [0.25, 0.3) is 0 Å². The highest BCUT2D eigenvalue weighted by Crippen LogP contribution is 2.64. The predicted octanol–water partition coefficient (Wildman–Crippen LogP) is 1.89. The molecule has 0 heterocycles. The van der Waals surface area contributed by atoms with E-state index in [1.807, 2.05) is 0 Å². The summed E-state index contributed by atoms with van der Waals surface area (Å²) in [5.41, 5.74) is 0.115. The highest BCUT2D eigenvalue weighted by Gasteiger charge is 2.59. The average molecular weight is 189 g/mol. The highest BCUT2D eigenvalue weighted by molar-refractivity contribution is 9.10. The van der Waals surface area contributed by atoms with E-state index in [1.54, 1.807) is 0 Å². The van der Waals surface area contributed by atoms with Gasteiger partial charge in [-0.25, -0.2) is 0 Å². The van der Waals surface area contributed by atoms with Gasteiger partial charge in [-0.15, -0.1) is 0 Å². The fraction of sp³-hybridized carbons (Fsp3) is 0.857. The number of aldehydes is 1. The van der Waals surface area contributed by atoms with Crippen LogP contribution in [0.2, 0.25) is 0 Å². The minimum Gasteiger partial charge on any atom is -0.303 e. The van der Waals surface area contributed by atoms with Gasteiger partial charge in [-0.2, -0.15) is 0 Å². The van der Waals surface area contributed by atoms with E-state index in [0.29, 0.717) is 4.32 Å². The van der Waals surface area contributed by atoms with Crippen LogP contribution in [0, 0.1) is 5.41 Å². The lowest BCUT2D eigenvalue weighted by Gasteiger charge is -2.39. The molecular weight excluding hydrogens is 180 g/mol. The van der Waals surface area contributed by atoms with Crippen molar-refractivity contribution in [1.29, 1.82) is 0 Å². The molecule has 0 amide bonds. The van der Waals surface area contributed by atoms with Crippen LogP contribution in [0.25, 0.3) is 0 Å². The smallest absolute Gasteiger partial charge is 0.126 e. The van der Waals surface area contributed by atoms with Crippen LogP contribution in [-0.2, 0) is 4.79 Å². The Hall–Kier alpha value is 0.150. The SMILES string of the molecule is O=CC12CCC(Br)(C1)C2. The summed E-state index contributed by atoms with van der Waals surface area (Å²) in [7, 11) is 0. The molecule has 0 aromatic rings. The summed E-state index contributed by atoms with van der Waals surface area (Å²) in [4.78, 5) is 10.5. The van der Waals surface area contributed by atoms with Gasteiger partial charge >= 0.3 is 0 Å². The van der Waals surface area contributed by atoms with Gasteiger partial charge < -0.3 is 4.79 Å². The molecule has 0 aromatic heterocycles. The Morgan fingerprint density at radius 2 is 2.00 bits per heavy atom. The number of halogens is 1. The molecule has 0 radical (unpaired) electrons. The fourth-order valence-electron chi connectivity index (χ4n) is 2.18. The summed E-state index contributed by atoms with van der Waals surface area (Å²) in [6.07, 6.45) is 5.64. The summed E-state index contributed by atoms with van der Waals surface area (Å²) in [5, 5.41) is 0. The van der Waals surface area contributed by atoms with Gasteiger partial charge in [0.15, 0.2) is 0 Å². The van der Waals surface area contributed by atoms with Crippen LogP contribution < -0.4 is 0 Å². The molecule has 3 fully saturated rings. The molecule has 0 aliphatic heterocycles. The van der Waals surface area contributed by atoms with Crippen molar-refractivity contribution in [3.63, 3.8) is 0 Å². The van der Waals surface area contributed by atoms with Crippen molar-refractivity contribution >= 4 is 22.2 Å². The number of carbonyl (C=O) groups is 1. The Kier molecular flexibility index (Phi) is 0.929.